The van der Waals surface area contributed by atoms with E-state index in [1.807, 2.05) is 42.3 Å². The minimum atomic E-state index is 0.0494. The molecular formula is C17H20N4O. The topological polar surface area (TPSA) is 58.1 Å². The summed E-state index contributed by atoms with van der Waals surface area (Å²) in [5, 5.41) is 3.36. The first-order valence-corrected chi connectivity index (χ1v) is 7.55. The van der Waals surface area contributed by atoms with E-state index in [1.54, 1.807) is 12.4 Å². The second-order valence-electron chi connectivity index (χ2n) is 5.58. The summed E-state index contributed by atoms with van der Waals surface area (Å²) in [6.07, 6.45) is 5.77. The van der Waals surface area contributed by atoms with E-state index in [1.165, 1.54) is 0 Å². The maximum absolute atomic E-state index is 12.7. The third kappa shape index (κ3) is 3.31. The predicted octanol–water partition coefficient (Wildman–Crippen LogP) is 1.50. The van der Waals surface area contributed by atoms with E-state index >= 15 is 0 Å². The van der Waals surface area contributed by atoms with Gasteiger partial charge in [0.15, 0.2) is 0 Å². The molecule has 22 heavy (non-hydrogen) atoms. The summed E-state index contributed by atoms with van der Waals surface area (Å²) in [5.74, 6) is 0.140. The first kappa shape index (κ1) is 14.7. The lowest BCUT2D eigenvalue weighted by molar-refractivity contribution is -0.133. The molecule has 0 radical (unpaired) electrons. The summed E-state index contributed by atoms with van der Waals surface area (Å²) in [6.45, 7) is 4.26. The van der Waals surface area contributed by atoms with Gasteiger partial charge < -0.3 is 10.2 Å². The molecule has 1 saturated heterocycles. The Morgan fingerprint density at radius 2 is 2.27 bits per heavy atom. The Balaban J connectivity index is 1.75. The molecule has 0 spiro atoms. The summed E-state index contributed by atoms with van der Waals surface area (Å²) in [6, 6.07) is 7.91. The fraction of sp³-hybridized carbons (Fsp3) is 0.353. The second kappa shape index (κ2) is 6.66. The van der Waals surface area contributed by atoms with E-state index in [-0.39, 0.29) is 11.9 Å². The Labute approximate surface area is 130 Å². The normalized spacial score (nSPS) is 18.2. The van der Waals surface area contributed by atoms with E-state index < -0.39 is 0 Å². The highest BCUT2D eigenvalue weighted by Gasteiger charge is 2.27. The molecule has 3 rings (SSSR count). The molecule has 1 amide bonds. The lowest BCUT2D eigenvalue weighted by atomic mass is 10.0. The van der Waals surface area contributed by atoms with Gasteiger partial charge in [-0.15, -0.1) is 0 Å². The van der Waals surface area contributed by atoms with Crippen molar-refractivity contribution in [3.05, 3.63) is 59.7 Å². The van der Waals surface area contributed by atoms with Crippen molar-refractivity contribution in [1.29, 1.82) is 0 Å². The number of aryl methyl sites for hydroxylation is 1. The Hall–Kier alpha value is -2.27. The van der Waals surface area contributed by atoms with Gasteiger partial charge in [-0.25, -0.2) is 0 Å². The highest BCUT2D eigenvalue weighted by molar-refractivity contribution is 5.79. The largest absolute Gasteiger partial charge is 0.333 e. The van der Waals surface area contributed by atoms with E-state index in [4.69, 9.17) is 0 Å². The third-order valence-electron chi connectivity index (χ3n) is 3.96. The van der Waals surface area contributed by atoms with Crippen LogP contribution in [-0.4, -0.2) is 40.4 Å². The Bertz CT molecular complexity index is 627. The minimum absolute atomic E-state index is 0.0494. The molecule has 0 saturated carbocycles. The van der Waals surface area contributed by atoms with Crippen LogP contribution in [0.3, 0.4) is 0 Å². The minimum Gasteiger partial charge on any atom is -0.333 e. The molecule has 5 heteroatoms. The number of carbonyl (C=O) groups is 1. The number of amides is 1. The van der Waals surface area contributed by atoms with Gasteiger partial charge in [-0.2, -0.15) is 0 Å². The standard InChI is InChI=1S/C17H20N4O/c1-13-4-5-14(10-20-13)9-17(22)21-8-7-19-12-16(21)15-3-2-6-18-11-15/h2-6,10-11,16,19H,7-9,12H2,1H3. The number of hydrogen-bond donors (Lipinski definition) is 1. The van der Waals surface area contributed by atoms with E-state index in [0.717, 1.165) is 36.5 Å². The highest BCUT2D eigenvalue weighted by Crippen LogP contribution is 2.22. The highest BCUT2D eigenvalue weighted by atomic mass is 16.2. The van der Waals surface area contributed by atoms with Gasteiger partial charge in [0.25, 0.3) is 0 Å². The lowest BCUT2D eigenvalue weighted by Crippen LogP contribution is -2.49. The van der Waals surface area contributed by atoms with E-state index in [0.29, 0.717) is 6.42 Å². The maximum Gasteiger partial charge on any atom is 0.227 e. The number of nitrogens with zero attached hydrogens (tertiary/aromatic N) is 3. The fourth-order valence-corrected chi connectivity index (χ4v) is 2.75. The number of piperazine rings is 1. The Morgan fingerprint density at radius 3 is 3.00 bits per heavy atom. The molecule has 1 aliphatic rings. The van der Waals surface area contributed by atoms with Gasteiger partial charge in [0, 0.05) is 43.9 Å². The number of aromatic nitrogens is 2. The molecule has 1 atom stereocenters. The SMILES string of the molecule is Cc1ccc(CC(=O)N2CCNCC2c2cccnc2)cn1. The zero-order valence-corrected chi connectivity index (χ0v) is 12.7. The molecule has 0 bridgehead atoms. The van der Waals surface area contributed by atoms with Crippen LogP contribution in [0.15, 0.2) is 42.9 Å². The molecule has 2 aromatic rings. The van der Waals surface area contributed by atoms with E-state index in [9.17, 15) is 4.79 Å². The van der Waals surface area contributed by atoms with Crippen molar-refractivity contribution in [3.63, 3.8) is 0 Å². The van der Waals surface area contributed by atoms with Crippen LogP contribution in [0.5, 0.6) is 0 Å². The van der Waals surface area contributed by atoms with Crippen molar-refractivity contribution in [2.75, 3.05) is 19.6 Å². The molecule has 2 aromatic heterocycles. The molecule has 1 fully saturated rings. The number of nitrogens with one attached hydrogen (secondary N) is 1. The summed E-state index contributed by atoms with van der Waals surface area (Å²) in [7, 11) is 0. The molecular weight excluding hydrogens is 276 g/mol. The van der Waals surface area contributed by atoms with Gasteiger partial charge in [0.1, 0.15) is 0 Å². The van der Waals surface area contributed by atoms with Crippen LogP contribution < -0.4 is 5.32 Å². The number of pyridine rings is 2. The third-order valence-corrected chi connectivity index (χ3v) is 3.96. The van der Waals surface area contributed by atoms with Crippen LogP contribution in [0.4, 0.5) is 0 Å². The average Bonchev–Trinajstić information content (AvgIpc) is 2.58. The molecule has 1 N–H and O–H groups in total. The van der Waals surface area contributed by atoms with E-state index in [2.05, 4.69) is 15.3 Å². The molecule has 0 aliphatic carbocycles. The molecule has 3 heterocycles. The average molecular weight is 296 g/mol. The molecule has 5 nitrogen and oxygen atoms in total. The van der Waals surface area contributed by atoms with Gasteiger partial charge in [-0.05, 0) is 30.2 Å². The van der Waals surface area contributed by atoms with Gasteiger partial charge in [0.05, 0.1) is 12.5 Å². The predicted molar refractivity (Wildman–Crippen MR) is 84.2 cm³/mol. The summed E-state index contributed by atoms with van der Waals surface area (Å²) in [4.78, 5) is 23.1. The van der Waals surface area contributed by atoms with Gasteiger partial charge in [-0.3, -0.25) is 14.8 Å². The maximum atomic E-state index is 12.7. The zero-order valence-electron chi connectivity index (χ0n) is 12.7. The van der Waals surface area contributed by atoms with Crippen LogP contribution >= 0.6 is 0 Å². The van der Waals surface area contributed by atoms with Crippen LogP contribution in [-0.2, 0) is 11.2 Å². The van der Waals surface area contributed by atoms with Crippen molar-refractivity contribution in [3.8, 4) is 0 Å². The van der Waals surface area contributed by atoms with Crippen molar-refractivity contribution >= 4 is 5.91 Å². The summed E-state index contributed by atoms with van der Waals surface area (Å²) < 4.78 is 0. The molecule has 1 unspecified atom stereocenters. The molecule has 1 aliphatic heterocycles. The van der Waals surface area contributed by atoms with Gasteiger partial charge in [-0.1, -0.05) is 12.1 Å². The number of carbonyl (C=O) groups excluding carboxylic acids is 1. The van der Waals surface area contributed by atoms with Crippen LogP contribution in [0.2, 0.25) is 0 Å². The monoisotopic (exact) mass is 296 g/mol. The van der Waals surface area contributed by atoms with Crippen LogP contribution in [0.1, 0.15) is 22.9 Å². The second-order valence-corrected chi connectivity index (χ2v) is 5.58. The zero-order chi connectivity index (χ0) is 15.4. The fourth-order valence-electron chi connectivity index (χ4n) is 2.75. The quantitative estimate of drug-likeness (QED) is 0.932. The Morgan fingerprint density at radius 1 is 1.36 bits per heavy atom. The van der Waals surface area contributed by atoms with Crippen molar-refractivity contribution in [2.45, 2.75) is 19.4 Å². The first-order chi connectivity index (χ1) is 10.7. The smallest absolute Gasteiger partial charge is 0.227 e. The number of hydrogen-bond acceptors (Lipinski definition) is 4. The number of rotatable bonds is 3. The molecule has 0 aromatic carbocycles. The van der Waals surface area contributed by atoms with Gasteiger partial charge >= 0.3 is 0 Å². The van der Waals surface area contributed by atoms with Crippen molar-refractivity contribution in [2.24, 2.45) is 0 Å². The Kier molecular flexibility index (Phi) is 4.44. The summed E-state index contributed by atoms with van der Waals surface area (Å²) in [5.41, 5.74) is 3.00. The molecule has 114 valence electrons. The van der Waals surface area contributed by atoms with Gasteiger partial charge in [0.2, 0.25) is 5.91 Å². The van der Waals surface area contributed by atoms with Crippen LogP contribution in [0, 0.1) is 6.92 Å². The van der Waals surface area contributed by atoms with Crippen molar-refractivity contribution < 1.29 is 4.79 Å². The van der Waals surface area contributed by atoms with Crippen molar-refractivity contribution in [1.82, 2.24) is 20.2 Å². The summed E-state index contributed by atoms with van der Waals surface area (Å²) >= 11 is 0. The van der Waals surface area contributed by atoms with Crippen LogP contribution in [0.25, 0.3) is 0 Å². The first-order valence-electron chi connectivity index (χ1n) is 7.55. The lowest BCUT2D eigenvalue weighted by Gasteiger charge is -2.36.